The van der Waals surface area contributed by atoms with Crippen LogP contribution in [0.2, 0.25) is 0 Å². The van der Waals surface area contributed by atoms with Crippen molar-refractivity contribution in [3.8, 4) is 0 Å². The van der Waals surface area contributed by atoms with Crippen LogP contribution in [0.25, 0.3) is 10.9 Å². The second kappa shape index (κ2) is 9.85. The molecule has 0 spiro atoms. The highest BCUT2D eigenvalue weighted by atomic mass is 16.4. The molecule has 1 atom stereocenters. The van der Waals surface area contributed by atoms with Crippen LogP contribution in [0.15, 0.2) is 29.3 Å². The molecule has 2 fully saturated rings. The van der Waals surface area contributed by atoms with Crippen molar-refractivity contribution in [2.75, 3.05) is 34.8 Å². The minimum atomic E-state index is -0.734. The number of nitrogens with one attached hydrogen (secondary N) is 2. The highest BCUT2D eigenvalue weighted by molar-refractivity contribution is 5.90. The Morgan fingerprint density at radius 3 is 2.69 bits per heavy atom. The molecule has 2 aliphatic heterocycles. The van der Waals surface area contributed by atoms with E-state index in [2.05, 4.69) is 42.2 Å². The van der Waals surface area contributed by atoms with Crippen molar-refractivity contribution in [1.29, 1.82) is 0 Å². The lowest BCUT2D eigenvalue weighted by atomic mass is 9.94. The molecule has 0 aromatic carbocycles. The monoisotopic (exact) mass is 478 g/mol. The Kier molecular flexibility index (Phi) is 6.47. The lowest BCUT2D eigenvalue weighted by Crippen LogP contribution is -2.38. The summed E-state index contributed by atoms with van der Waals surface area (Å²) in [6.45, 7) is 4.62. The van der Waals surface area contributed by atoms with Crippen LogP contribution in [-0.2, 0) is 4.79 Å². The molecular formula is C24H30N8O3. The van der Waals surface area contributed by atoms with E-state index >= 15 is 0 Å². The van der Waals surface area contributed by atoms with Crippen molar-refractivity contribution < 1.29 is 9.90 Å². The van der Waals surface area contributed by atoms with Crippen LogP contribution in [-0.4, -0.2) is 61.9 Å². The molecule has 0 amide bonds. The number of aromatic amines is 1. The lowest BCUT2D eigenvalue weighted by Gasteiger charge is -2.33. The van der Waals surface area contributed by atoms with Crippen molar-refractivity contribution in [2.45, 2.75) is 51.5 Å². The van der Waals surface area contributed by atoms with Gasteiger partial charge in [0, 0.05) is 32.1 Å². The first kappa shape index (κ1) is 23.0. The Labute approximate surface area is 202 Å². The third kappa shape index (κ3) is 5.03. The topological polar surface area (TPSA) is 140 Å². The number of hydrogen-bond acceptors (Lipinski definition) is 9. The fourth-order valence-corrected chi connectivity index (χ4v) is 5.00. The van der Waals surface area contributed by atoms with E-state index in [9.17, 15) is 9.59 Å². The number of aromatic nitrogens is 5. The summed E-state index contributed by atoms with van der Waals surface area (Å²) in [5, 5.41) is 19.0. The van der Waals surface area contributed by atoms with Gasteiger partial charge in [0.2, 0.25) is 5.95 Å². The van der Waals surface area contributed by atoms with E-state index in [-0.39, 0.29) is 17.9 Å². The molecule has 35 heavy (non-hydrogen) atoms. The van der Waals surface area contributed by atoms with Crippen molar-refractivity contribution >= 4 is 40.1 Å². The SMILES string of the molecule is CC1CCCCN1c1nc(Nc2ccc(N3CCC(CC(=O)O)CC3)nc2)c2c(=O)[nH]ncc2n1. The first-order valence-electron chi connectivity index (χ1n) is 12.2. The number of hydrogen-bond donors (Lipinski definition) is 3. The standard InChI is InChI=1S/C24H30N8O3/c1-15-4-2-3-9-32(15)24-28-18-14-26-30-23(35)21(18)22(29-24)27-17-5-6-19(25-13-17)31-10-7-16(8-11-31)12-20(33)34/h5-6,13-16H,2-4,7-12H2,1H3,(H,30,35)(H,33,34)(H,27,28,29). The van der Waals surface area contributed by atoms with Crippen LogP contribution in [0.1, 0.15) is 45.4 Å². The van der Waals surface area contributed by atoms with Gasteiger partial charge in [-0.3, -0.25) is 9.59 Å². The molecular weight excluding hydrogens is 448 g/mol. The van der Waals surface area contributed by atoms with Gasteiger partial charge in [0.1, 0.15) is 22.5 Å². The fraction of sp³-hybridized carbons (Fsp3) is 0.500. The number of rotatable bonds is 6. The molecule has 3 aromatic rings. The molecule has 1 unspecified atom stereocenters. The molecule has 0 bridgehead atoms. The summed E-state index contributed by atoms with van der Waals surface area (Å²) in [7, 11) is 0. The predicted molar refractivity (Wildman–Crippen MR) is 133 cm³/mol. The summed E-state index contributed by atoms with van der Waals surface area (Å²) < 4.78 is 0. The Morgan fingerprint density at radius 1 is 1.14 bits per heavy atom. The van der Waals surface area contributed by atoms with Gasteiger partial charge in [0.25, 0.3) is 5.56 Å². The van der Waals surface area contributed by atoms with E-state index in [1.807, 2.05) is 12.1 Å². The second-order valence-electron chi connectivity index (χ2n) is 9.43. The van der Waals surface area contributed by atoms with Crippen LogP contribution in [0, 0.1) is 5.92 Å². The summed E-state index contributed by atoms with van der Waals surface area (Å²) in [5.41, 5.74) is 0.855. The zero-order valence-corrected chi connectivity index (χ0v) is 19.8. The normalized spacial score (nSPS) is 19.2. The van der Waals surface area contributed by atoms with Crippen LogP contribution < -0.4 is 20.7 Å². The van der Waals surface area contributed by atoms with E-state index in [1.54, 1.807) is 12.4 Å². The summed E-state index contributed by atoms with van der Waals surface area (Å²) in [6, 6.07) is 4.17. The van der Waals surface area contributed by atoms with Gasteiger partial charge in [0.15, 0.2) is 0 Å². The molecule has 0 saturated carbocycles. The first-order chi connectivity index (χ1) is 17.0. The maximum Gasteiger partial charge on any atom is 0.303 e. The van der Waals surface area contributed by atoms with Gasteiger partial charge < -0.3 is 20.2 Å². The summed E-state index contributed by atoms with van der Waals surface area (Å²) in [5.74, 6) is 1.35. The van der Waals surface area contributed by atoms with Gasteiger partial charge in [0.05, 0.1) is 18.1 Å². The average Bonchev–Trinajstić information content (AvgIpc) is 2.85. The van der Waals surface area contributed by atoms with E-state index in [0.717, 1.165) is 51.1 Å². The quantitative estimate of drug-likeness (QED) is 0.484. The minimum absolute atomic E-state index is 0.222. The van der Waals surface area contributed by atoms with Crippen LogP contribution in [0.4, 0.5) is 23.3 Å². The maximum atomic E-state index is 12.6. The molecule has 0 aliphatic carbocycles. The Bertz CT molecular complexity index is 1250. The molecule has 184 valence electrons. The van der Waals surface area contributed by atoms with Gasteiger partial charge in [-0.2, -0.15) is 10.1 Å². The van der Waals surface area contributed by atoms with E-state index in [0.29, 0.717) is 34.4 Å². The highest BCUT2D eigenvalue weighted by Crippen LogP contribution is 2.28. The number of carboxylic acids is 1. The zero-order chi connectivity index (χ0) is 24.4. The van der Waals surface area contributed by atoms with E-state index in [4.69, 9.17) is 10.1 Å². The molecule has 0 radical (unpaired) electrons. The van der Waals surface area contributed by atoms with Crippen molar-refractivity contribution in [1.82, 2.24) is 25.1 Å². The van der Waals surface area contributed by atoms with Crippen molar-refractivity contribution in [3.05, 3.63) is 34.9 Å². The fourth-order valence-electron chi connectivity index (χ4n) is 5.00. The first-order valence-corrected chi connectivity index (χ1v) is 12.2. The Balaban J connectivity index is 1.37. The number of anilines is 4. The highest BCUT2D eigenvalue weighted by Gasteiger charge is 2.24. The summed E-state index contributed by atoms with van der Waals surface area (Å²) in [6.07, 6.45) is 8.54. The molecule has 11 nitrogen and oxygen atoms in total. The maximum absolute atomic E-state index is 12.6. The lowest BCUT2D eigenvalue weighted by molar-refractivity contribution is -0.138. The van der Waals surface area contributed by atoms with E-state index in [1.165, 1.54) is 6.42 Å². The summed E-state index contributed by atoms with van der Waals surface area (Å²) >= 11 is 0. The number of aliphatic carboxylic acids is 1. The molecule has 3 N–H and O–H groups in total. The number of carbonyl (C=O) groups is 1. The third-order valence-corrected chi connectivity index (χ3v) is 6.98. The number of fused-ring (bicyclic) bond motifs is 1. The predicted octanol–water partition coefficient (Wildman–Crippen LogP) is 2.92. The molecule has 5 rings (SSSR count). The number of carboxylic acid groups (broad SMARTS) is 1. The average molecular weight is 479 g/mol. The zero-order valence-electron chi connectivity index (χ0n) is 19.8. The van der Waals surface area contributed by atoms with Crippen molar-refractivity contribution in [2.24, 2.45) is 5.92 Å². The van der Waals surface area contributed by atoms with Gasteiger partial charge in [-0.25, -0.2) is 15.1 Å². The molecule has 5 heterocycles. The van der Waals surface area contributed by atoms with Crippen LogP contribution >= 0.6 is 0 Å². The molecule has 11 heteroatoms. The molecule has 2 saturated heterocycles. The van der Waals surface area contributed by atoms with Gasteiger partial charge in [-0.1, -0.05) is 0 Å². The van der Waals surface area contributed by atoms with Gasteiger partial charge in [-0.15, -0.1) is 0 Å². The molecule has 2 aliphatic rings. The molecule has 3 aromatic heterocycles. The summed E-state index contributed by atoms with van der Waals surface area (Å²) in [4.78, 5) is 41.9. The number of H-pyrrole nitrogens is 1. The number of nitrogens with zero attached hydrogens (tertiary/aromatic N) is 6. The van der Waals surface area contributed by atoms with E-state index < -0.39 is 5.97 Å². The van der Waals surface area contributed by atoms with Crippen molar-refractivity contribution in [3.63, 3.8) is 0 Å². The van der Waals surface area contributed by atoms with Crippen LogP contribution in [0.3, 0.4) is 0 Å². The second-order valence-corrected chi connectivity index (χ2v) is 9.43. The smallest absolute Gasteiger partial charge is 0.303 e. The van der Waals surface area contributed by atoms with Gasteiger partial charge in [-0.05, 0) is 57.1 Å². The largest absolute Gasteiger partial charge is 0.481 e. The Morgan fingerprint density at radius 2 is 1.97 bits per heavy atom. The third-order valence-electron chi connectivity index (χ3n) is 6.98. The Hall–Kier alpha value is -3.76. The minimum Gasteiger partial charge on any atom is -0.481 e. The van der Waals surface area contributed by atoms with Gasteiger partial charge >= 0.3 is 5.97 Å². The van der Waals surface area contributed by atoms with Crippen LogP contribution in [0.5, 0.6) is 0 Å². The number of pyridine rings is 1. The number of piperidine rings is 2.